The van der Waals surface area contributed by atoms with Crippen molar-refractivity contribution < 1.29 is 18.7 Å². The fourth-order valence-corrected chi connectivity index (χ4v) is 5.06. The van der Waals surface area contributed by atoms with E-state index in [1.165, 1.54) is 17.3 Å². The lowest BCUT2D eigenvalue weighted by atomic mass is 10.1. The smallest absolute Gasteiger partial charge is 0.327 e. The van der Waals surface area contributed by atoms with Crippen LogP contribution in [0.4, 0.5) is 43.6 Å². The number of carbonyl (C=O) groups excluding carboxylic acids is 2. The van der Waals surface area contributed by atoms with Gasteiger partial charge in [-0.25, -0.2) is 24.1 Å². The average Bonchev–Trinajstić information content (AvgIpc) is 3.06. The highest BCUT2D eigenvalue weighted by Gasteiger charge is 2.22. The molecule has 1 aliphatic rings. The van der Waals surface area contributed by atoms with E-state index in [0.29, 0.717) is 34.2 Å². The Morgan fingerprint density at radius 1 is 1.04 bits per heavy atom. The van der Waals surface area contributed by atoms with Crippen molar-refractivity contribution in [1.29, 1.82) is 0 Å². The third kappa shape index (κ3) is 7.77. The summed E-state index contributed by atoms with van der Waals surface area (Å²) in [6, 6.07) is 18.6. The van der Waals surface area contributed by atoms with Crippen LogP contribution in [0.3, 0.4) is 0 Å². The molecule has 0 bridgehead atoms. The van der Waals surface area contributed by atoms with E-state index in [-0.39, 0.29) is 24.1 Å². The average molecular weight is 625 g/mol. The second kappa shape index (κ2) is 14.5. The van der Waals surface area contributed by atoms with E-state index in [2.05, 4.69) is 49.3 Å². The maximum atomic E-state index is 13.8. The summed E-state index contributed by atoms with van der Waals surface area (Å²) in [4.78, 5) is 40.5. The lowest BCUT2D eigenvalue weighted by Gasteiger charge is -2.34. The minimum absolute atomic E-state index is 0.149. The van der Waals surface area contributed by atoms with E-state index < -0.39 is 6.03 Å². The highest BCUT2D eigenvalue weighted by atomic mass is 19.1. The molecule has 0 spiro atoms. The van der Waals surface area contributed by atoms with E-state index >= 15 is 0 Å². The van der Waals surface area contributed by atoms with Crippen LogP contribution >= 0.6 is 0 Å². The van der Waals surface area contributed by atoms with Gasteiger partial charge in [0.15, 0.2) is 0 Å². The Bertz CT molecular complexity index is 1720. The van der Waals surface area contributed by atoms with Crippen LogP contribution in [0.15, 0.2) is 85.7 Å². The van der Waals surface area contributed by atoms with Gasteiger partial charge in [0.25, 0.3) is 0 Å². The highest BCUT2D eigenvalue weighted by Crippen LogP contribution is 2.33. The molecule has 46 heavy (non-hydrogen) atoms. The number of piperazine rings is 1. The Balaban J connectivity index is 1.42. The molecular formula is C34H37FN8O3. The Morgan fingerprint density at radius 2 is 1.85 bits per heavy atom. The molecule has 5 rings (SSSR count). The van der Waals surface area contributed by atoms with Crippen LogP contribution < -0.4 is 30.5 Å². The van der Waals surface area contributed by atoms with Gasteiger partial charge in [-0.2, -0.15) is 0 Å². The number of benzene rings is 3. The van der Waals surface area contributed by atoms with Crippen molar-refractivity contribution in [2.24, 2.45) is 0 Å². The number of nitrogens with zero attached hydrogens (tertiary/aromatic N) is 5. The zero-order valence-electron chi connectivity index (χ0n) is 26.1. The summed E-state index contributed by atoms with van der Waals surface area (Å²) in [6.45, 7) is 9.15. The maximum Gasteiger partial charge on any atom is 0.327 e. The van der Waals surface area contributed by atoms with Gasteiger partial charge in [-0.3, -0.25) is 4.79 Å². The molecular weight excluding hydrogens is 587 g/mol. The molecule has 1 fully saturated rings. The lowest BCUT2D eigenvalue weighted by Crippen LogP contribution is -2.44. The predicted octanol–water partition coefficient (Wildman–Crippen LogP) is 5.60. The number of ether oxygens (including phenoxy) is 1. The first-order valence-corrected chi connectivity index (χ1v) is 14.8. The van der Waals surface area contributed by atoms with Gasteiger partial charge in [-0.15, -0.1) is 0 Å². The quantitative estimate of drug-likeness (QED) is 0.196. The van der Waals surface area contributed by atoms with Crippen LogP contribution in [0.5, 0.6) is 5.75 Å². The fourth-order valence-electron chi connectivity index (χ4n) is 5.06. The number of methoxy groups -OCH3 is 1. The summed E-state index contributed by atoms with van der Waals surface area (Å²) in [7, 11) is 3.74. The zero-order chi connectivity index (χ0) is 32.6. The molecule has 11 nitrogen and oxygen atoms in total. The molecule has 4 aromatic rings. The predicted molar refractivity (Wildman–Crippen MR) is 179 cm³/mol. The van der Waals surface area contributed by atoms with Crippen molar-refractivity contribution in [3.05, 3.63) is 103 Å². The minimum Gasteiger partial charge on any atom is -0.494 e. The number of likely N-dealkylation sites (N-methyl/N-ethyl adjacent to an activating group) is 1. The molecule has 1 saturated heterocycles. The zero-order valence-corrected chi connectivity index (χ0v) is 26.1. The van der Waals surface area contributed by atoms with Gasteiger partial charge >= 0.3 is 6.03 Å². The number of amides is 3. The maximum absolute atomic E-state index is 13.8. The van der Waals surface area contributed by atoms with Crippen molar-refractivity contribution in [1.82, 2.24) is 20.2 Å². The number of aromatic nitrogens is 2. The molecule has 0 radical (unpaired) electrons. The van der Waals surface area contributed by atoms with Crippen molar-refractivity contribution >= 4 is 46.3 Å². The molecule has 0 unspecified atom stereocenters. The topological polar surface area (TPSA) is 115 Å². The van der Waals surface area contributed by atoms with Gasteiger partial charge in [0.2, 0.25) is 5.91 Å². The Morgan fingerprint density at radius 3 is 2.59 bits per heavy atom. The summed E-state index contributed by atoms with van der Waals surface area (Å²) in [6.07, 6.45) is 2.52. The fraction of sp³-hybridized carbons (Fsp3) is 0.235. The molecule has 3 amide bonds. The number of halogens is 1. The summed E-state index contributed by atoms with van der Waals surface area (Å²) >= 11 is 0. The van der Waals surface area contributed by atoms with Crippen molar-refractivity contribution in [3.63, 3.8) is 0 Å². The first-order valence-electron chi connectivity index (χ1n) is 14.8. The second-order valence-corrected chi connectivity index (χ2v) is 10.9. The highest BCUT2D eigenvalue weighted by molar-refractivity contribution is 6.01. The Labute approximate surface area is 267 Å². The summed E-state index contributed by atoms with van der Waals surface area (Å²) in [5.41, 5.74) is 3.88. The molecule has 2 heterocycles. The lowest BCUT2D eigenvalue weighted by molar-refractivity contribution is -0.111. The largest absolute Gasteiger partial charge is 0.494 e. The normalized spacial score (nSPS) is 13.1. The molecule has 3 N–H and O–H groups in total. The van der Waals surface area contributed by atoms with Crippen LogP contribution in [0, 0.1) is 12.7 Å². The van der Waals surface area contributed by atoms with E-state index in [1.807, 2.05) is 18.2 Å². The van der Waals surface area contributed by atoms with Gasteiger partial charge in [-0.05, 0) is 67.6 Å². The number of anilines is 6. The number of rotatable bonds is 10. The molecule has 238 valence electrons. The van der Waals surface area contributed by atoms with Crippen molar-refractivity contribution in [3.8, 4) is 5.75 Å². The SMILES string of the molecule is C=CC(=O)Nc1cccc(N(C(=O)NCc2ccc(F)c(C)c2)c2cc(Nc3ccc(N4CCN(C)CC4)cc3OC)ncn2)c1. The standard InChI is InChI=1S/C34H37FN8O3/c1-5-33(44)39-25-7-6-8-27(18-25)43(34(45)36-21-24-9-11-28(35)23(2)17-24)32-20-31(37-22-38-32)40-29-12-10-26(19-30(29)46-4)42-15-13-41(3)14-16-42/h5-12,17-20,22H,1,13-16,21H2,2-4H3,(H,36,45)(H,39,44)(H,37,38,40). The first kappa shape index (κ1) is 31.9. The number of aryl methyl sites for hydroxylation is 1. The van der Waals surface area contributed by atoms with E-state index in [9.17, 15) is 14.0 Å². The molecule has 0 aliphatic carbocycles. The number of hydrogen-bond acceptors (Lipinski definition) is 8. The van der Waals surface area contributed by atoms with Crippen molar-refractivity contribution in [2.75, 3.05) is 60.8 Å². The molecule has 12 heteroatoms. The van der Waals surface area contributed by atoms with E-state index in [0.717, 1.165) is 43.5 Å². The van der Waals surface area contributed by atoms with Crippen molar-refractivity contribution in [2.45, 2.75) is 13.5 Å². The summed E-state index contributed by atoms with van der Waals surface area (Å²) in [5, 5.41) is 8.91. The van der Waals surface area contributed by atoms with E-state index in [4.69, 9.17) is 4.74 Å². The summed E-state index contributed by atoms with van der Waals surface area (Å²) in [5.74, 6) is 0.637. The minimum atomic E-state index is -0.493. The number of hydrogen-bond donors (Lipinski definition) is 3. The van der Waals surface area contributed by atoms with Crippen LogP contribution in [-0.4, -0.2) is 67.1 Å². The van der Waals surface area contributed by atoms with Crippen LogP contribution in [0.1, 0.15) is 11.1 Å². The Hall–Kier alpha value is -5.49. The van der Waals surface area contributed by atoms with Gasteiger partial charge in [0.05, 0.1) is 18.5 Å². The van der Waals surface area contributed by atoms with Gasteiger partial charge in [-0.1, -0.05) is 24.8 Å². The van der Waals surface area contributed by atoms with E-state index in [1.54, 1.807) is 56.5 Å². The van der Waals surface area contributed by atoms with Crippen LogP contribution in [0.2, 0.25) is 0 Å². The van der Waals surface area contributed by atoms with Crippen LogP contribution in [-0.2, 0) is 11.3 Å². The summed E-state index contributed by atoms with van der Waals surface area (Å²) < 4.78 is 19.5. The van der Waals surface area contributed by atoms with Gasteiger partial charge in [0.1, 0.15) is 29.5 Å². The number of carbonyl (C=O) groups is 2. The Kier molecular flexibility index (Phi) is 10.1. The van der Waals surface area contributed by atoms with Crippen LogP contribution in [0.25, 0.3) is 0 Å². The molecule has 1 aliphatic heterocycles. The van der Waals surface area contributed by atoms with Gasteiger partial charge < -0.3 is 30.5 Å². The second-order valence-electron chi connectivity index (χ2n) is 10.9. The molecule has 3 aromatic carbocycles. The van der Waals surface area contributed by atoms with Gasteiger partial charge in [0, 0.05) is 56.2 Å². The molecule has 0 saturated carbocycles. The number of nitrogens with one attached hydrogen (secondary N) is 3. The monoisotopic (exact) mass is 624 g/mol. The first-order chi connectivity index (χ1) is 22.2. The number of urea groups is 1. The molecule has 0 atom stereocenters. The third-order valence-electron chi connectivity index (χ3n) is 7.62. The third-order valence-corrected chi connectivity index (χ3v) is 7.62. The molecule has 1 aromatic heterocycles.